The van der Waals surface area contributed by atoms with Crippen molar-refractivity contribution in [3.8, 4) is 16.9 Å². The minimum absolute atomic E-state index is 0.0624. The molecule has 1 fully saturated rings. The van der Waals surface area contributed by atoms with Gasteiger partial charge in [-0.2, -0.15) is 5.10 Å². The fourth-order valence-electron chi connectivity index (χ4n) is 4.51. The molecule has 1 saturated carbocycles. The van der Waals surface area contributed by atoms with Crippen LogP contribution in [-0.4, -0.2) is 39.6 Å². The molecule has 0 unspecified atom stereocenters. The van der Waals surface area contributed by atoms with Gasteiger partial charge in [-0.3, -0.25) is 9.59 Å². The molecule has 1 heterocycles. The first-order valence-corrected chi connectivity index (χ1v) is 12.4. The van der Waals surface area contributed by atoms with Gasteiger partial charge in [-0.1, -0.05) is 74.2 Å². The Morgan fingerprint density at radius 1 is 1.06 bits per heavy atom. The number of aryl methyl sites for hydroxylation is 1. The van der Waals surface area contributed by atoms with Crippen molar-refractivity contribution in [1.82, 2.24) is 14.7 Å². The van der Waals surface area contributed by atoms with Crippen LogP contribution in [0.5, 0.6) is 0 Å². The smallest absolute Gasteiger partial charge is 0.245 e. The minimum atomic E-state index is -0.199. The largest absolute Gasteiger partial charge is 0.333 e. The number of aromatic nitrogens is 2. The third kappa shape index (κ3) is 5.74. The van der Waals surface area contributed by atoms with Gasteiger partial charge in [-0.05, 0) is 38.3 Å². The van der Waals surface area contributed by atoms with Crippen LogP contribution in [0, 0.1) is 12.8 Å². The Kier molecular flexibility index (Phi) is 7.78. The molecule has 0 bridgehead atoms. The highest BCUT2D eigenvalue weighted by atomic mass is 16.2. The number of nitrogens with one attached hydrogen (secondary N) is 1. The summed E-state index contributed by atoms with van der Waals surface area (Å²) >= 11 is 0. The summed E-state index contributed by atoms with van der Waals surface area (Å²) in [6.07, 6.45) is 5.94. The van der Waals surface area contributed by atoms with Gasteiger partial charge in [0.05, 0.1) is 17.9 Å². The third-order valence-corrected chi connectivity index (χ3v) is 6.46. The molecule has 0 atom stereocenters. The lowest BCUT2D eigenvalue weighted by Gasteiger charge is -2.25. The molecule has 0 radical (unpaired) electrons. The van der Waals surface area contributed by atoms with Gasteiger partial charge in [-0.15, -0.1) is 0 Å². The Labute approximate surface area is 202 Å². The van der Waals surface area contributed by atoms with Crippen LogP contribution in [0.25, 0.3) is 16.9 Å². The van der Waals surface area contributed by atoms with E-state index < -0.39 is 0 Å². The molecule has 6 heteroatoms. The number of hydrogen-bond donors (Lipinski definition) is 1. The molecule has 1 aliphatic rings. The number of hydrogen-bond acceptors (Lipinski definition) is 3. The average molecular weight is 459 g/mol. The Morgan fingerprint density at radius 2 is 1.76 bits per heavy atom. The van der Waals surface area contributed by atoms with E-state index in [4.69, 9.17) is 5.10 Å². The van der Waals surface area contributed by atoms with E-state index in [2.05, 4.69) is 12.2 Å². The van der Waals surface area contributed by atoms with E-state index in [1.54, 1.807) is 9.58 Å². The Bertz CT molecular complexity index is 1100. The molecule has 0 spiro atoms. The minimum Gasteiger partial charge on any atom is -0.333 e. The highest BCUT2D eigenvalue weighted by Crippen LogP contribution is 2.27. The molecule has 3 aromatic rings. The zero-order chi connectivity index (χ0) is 23.9. The molecule has 1 aromatic heterocycles. The molecule has 1 aliphatic carbocycles. The maximum atomic E-state index is 13.1. The maximum absolute atomic E-state index is 13.1. The first-order valence-electron chi connectivity index (χ1n) is 12.4. The van der Waals surface area contributed by atoms with E-state index in [0.29, 0.717) is 12.4 Å². The molecule has 2 amide bonds. The highest BCUT2D eigenvalue weighted by Gasteiger charge is 2.28. The number of carbonyl (C=O) groups excluding carboxylic acids is 2. The Balaban J connectivity index is 1.57. The SMILES string of the molecule is CCCCN(CC(=O)Nc1cc(-c2ccccc2)nn1-c1ccc(C)cc1)C(=O)C1CCCC1. The Hall–Kier alpha value is -3.41. The quantitative estimate of drug-likeness (QED) is 0.453. The number of amides is 2. The summed E-state index contributed by atoms with van der Waals surface area (Å²) in [6.45, 7) is 4.82. The normalized spacial score (nSPS) is 13.7. The van der Waals surface area contributed by atoms with Crippen LogP contribution in [0.3, 0.4) is 0 Å². The lowest BCUT2D eigenvalue weighted by atomic mass is 10.1. The molecule has 178 valence electrons. The van der Waals surface area contributed by atoms with Crippen LogP contribution in [-0.2, 0) is 9.59 Å². The molecule has 1 N–H and O–H groups in total. The van der Waals surface area contributed by atoms with E-state index in [1.807, 2.05) is 67.6 Å². The van der Waals surface area contributed by atoms with Crippen molar-refractivity contribution in [3.05, 3.63) is 66.2 Å². The number of carbonyl (C=O) groups is 2. The van der Waals surface area contributed by atoms with Crippen molar-refractivity contribution < 1.29 is 9.59 Å². The van der Waals surface area contributed by atoms with Gasteiger partial charge >= 0.3 is 0 Å². The summed E-state index contributed by atoms with van der Waals surface area (Å²) in [5.41, 5.74) is 3.78. The van der Waals surface area contributed by atoms with Crippen molar-refractivity contribution in [2.75, 3.05) is 18.4 Å². The molecule has 4 rings (SSSR count). The van der Waals surface area contributed by atoms with Gasteiger partial charge < -0.3 is 10.2 Å². The lowest BCUT2D eigenvalue weighted by Crippen LogP contribution is -2.41. The summed E-state index contributed by atoms with van der Waals surface area (Å²) in [7, 11) is 0. The molecule has 34 heavy (non-hydrogen) atoms. The van der Waals surface area contributed by atoms with Crippen LogP contribution in [0.15, 0.2) is 60.7 Å². The van der Waals surface area contributed by atoms with Crippen molar-refractivity contribution in [2.24, 2.45) is 5.92 Å². The predicted molar refractivity (Wildman–Crippen MR) is 136 cm³/mol. The summed E-state index contributed by atoms with van der Waals surface area (Å²) < 4.78 is 1.76. The van der Waals surface area contributed by atoms with Crippen molar-refractivity contribution in [3.63, 3.8) is 0 Å². The fraction of sp³-hybridized carbons (Fsp3) is 0.393. The van der Waals surface area contributed by atoms with Gasteiger partial charge in [0.2, 0.25) is 11.8 Å². The number of benzene rings is 2. The van der Waals surface area contributed by atoms with E-state index in [9.17, 15) is 9.59 Å². The number of rotatable bonds is 9. The van der Waals surface area contributed by atoms with Crippen molar-refractivity contribution >= 4 is 17.6 Å². The zero-order valence-electron chi connectivity index (χ0n) is 20.2. The van der Waals surface area contributed by atoms with Crippen LogP contribution in [0.4, 0.5) is 5.82 Å². The molecule has 2 aromatic carbocycles. The summed E-state index contributed by atoms with van der Waals surface area (Å²) in [6, 6.07) is 19.8. The summed E-state index contributed by atoms with van der Waals surface area (Å²) in [5.74, 6) is 0.581. The second-order valence-corrected chi connectivity index (χ2v) is 9.17. The second kappa shape index (κ2) is 11.1. The van der Waals surface area contributed by atoms with Gasteiger partial charge in [0, 0.05) is 24.1 Å². The average Bonchev–Trinajstić information content (AvgIpc) is 3.53. The van der Waals surface area contributed by atoms with Gasteiger partial charge in [0.15, 0.2) is 0 Å². The third-order valence-electron chi connectivity index (χ3n) is 6.46. The summed E-state index contributed by atoms with van der Waals surface area (Å²) in [4.78, 5) is 28.0. The van der Waals surface area contributed by atoms with Gasteiger partial charge in [0.1, 0.15) is 5.82 Å². The lowest BCUT2D eigenvalue weighted by molar-refractivity contribution is -0.138. The first-order chi connectivity index (χ1) is 16.5. The number of unbranched alkanes of at least 4 members (excludes halogenated alkanes) is 1. The second-order valence-electron chi connectivity index (χ2n) is 9.17. The van der Waals surface area contributed by atoms with Crippen molar-refractivity contribution in [2.45, 2.75) is 52.4 Å². The van der Waals surface area contributed by atoms with E-state index in [0.717, 1.165) is 61.0 Å². The van der Waals surface area contributed by atoms with E-state index >= 15 is 0 Å². The number of anilines is 1. The molecular formula is C28H34N4O2. The molecule has 0 saturated heterocycles. The van der Waals surface area contributed by atoms with Crippen LogP contribution >= 0.6 is 0 Å². The fourth-order valence-corrected chi connectivity index (χ4v) is 4.51. The summed E-state index contributed by atoms with van der Waals surface area (Å²) in [5, 5.41) is 7.82. The van der Waals surface area contributed by atoms with Crippen LogP contribution in [0.2, 0.25) is 0 Å². The maximum Gasteiger partial charge on any atom is 0.245 e. The first kappa shape index (κ1) is 23.7. The van der Waals surface area contributed by atoms with E-state index in [-0.39, 0.29) is 24.3 Å². The molecule has 0 aliphatic heterocycles. The van der Waals surface area contributed by atoms with Crippen LogP contribution in [0.1, 0.15) is 51.0 Å². The topological polar surface area (TPSA) is 67.2 Å². The van der Waals surface area contributed by atoms with E-state index in [1.165, 1.54) is 0 Å². The molecular weight excluding hydrogens is 424 g/mol. The van der Waals surface area contributed by atoms with Gasteiger partial charge in [-0.25, -0.2) is 4.68 Å². The zero-order valence-corrected chi connectivity index (χ0v) is 20.2. The highest BCUT2D eigenvalue weighted by molar-refractivity contribution is 5.95. The predicted octanol–water partition coefficient (Wildman–Crippen LogP) is 5.61. The number of nitrogens with zero attached hydrogens (tertiary/aromatic N) is 3. The molecule has 6 nitrogen and oxygen atoms in total. The standard InChI is InChI=1S/C28H34N4O2/c1-3-4-18-31(28(34)23-12-8-9-13-23)20-27(33)29-26-19-25(22-10-6-5-7-11-22)30-32(26)24-16-14-21(2)15-17-24/h5-7,10-11,14-17,19,23H,3-4,8-9,12-13,18,20H2,1-2H3,(H,29,33). The van der Waals surface area contributed by atoms with Gasteiger partial charge in [0.25, 0.3) is 0 Å². The van der Waals surface area contributed by atoms with Crippen molar-refractivity contribution in [1.29, 1.82) is 0 Å². The Morgan fingerprint density at radius 3 is 2.44 bits per heavy atom. The van der Waals surface area contributed by atoms with Crippen LogP contribution < -0.4 is 5.32 Å². The monoisotopic (exact) mass is 458 g/mol.